The Kier molecular flexibility index (Phi) is 9.87. The van der Waals surface area contributed by atoms with Crippen molar-refractivity contribution in [3.63, 3.8) is 0 Å². The molecule has 2 saturated heterocycles. The third kappa shape index (κ3) is 6.99. The smallest absolute Gasteiger partial charge is 0.226 e. The van der Waals surface area contributed by atoms with Gasteiger partial charge in [0.15, 0.2) is 8.32 Å². The van der Waals surface area contributed by atoms with Crippen LogP contribution in [0, 0.1) is 5.92 Å². The van der Waals surface area contributed by atoms with Gasteiger partial charge in [-0.15, -0.1) is 0 Å². The van der Waals surface area contributed by atoms with Gasteiger partial charge in [-0.1, -0.05) is 56.2 Å². The number of aliphatic hydroxyl groups is 1. The third-order valence-electron chi connectivity index (χ3n) is 9.74. The summed E-state index contributed by atoms with van der Waals surface area (Å²) in [4.78, 5) is 41.6. The van der Waals surface area contributed by atoms with E-state index >= 15 is 0 Å². The van der Waals surface area contributed by atoms with Crippen LogP contribution in [0.4, 0.5) is 5.69 Å². The summed E-state index contributed by atoms with van der Waals surface area (Å²) < 4.78 is 6.63. The number of ether oxygens (including phenoxy) is 1. The maximum Gasteiger partial charge on any atom is 0.226 e. The maximum atomic E-state index is 13.7. The lowest BCUT2D eigenvalue weighted by Gasteiger charge is -2.37. The van der Waals surface area contributed by atoms with Gasteiger partial charge in [-0.05, 0) is 79.9 Å². The quantitative estimate of drug-likeness (QED) is 0.410. The lowest BCUT2D eigenvalue weighted by molar-refractivity contribution is -0.138. The van der Waals surface area contributed by atoms with E-state index in [0.29, 0.717) is 19.4 Å². The monoisotopic (exact) mass is 592 g/mol. The molecule has 2 N–H and O–H groups in total. The van der Waals surface area contributed by atoms with E-state index in [2.05, 4.69) is 31.2 Å². The second-order valence-electron chi connectivity index (χ2n) is 13.2. The van der Waals surface area contributed by atoms with E-state index in [1.165, 1.54) is 17.5 Å². The van der Waals surface area contributed by atoms with Crippen molar-refractivity contribution in [3.8, 4) is 0 Å². The van der Waals surface area contributed by atoms with Gasteiger partial charge in [-0.25, -0.2) is 0 Å². The molecule has 0 aromatic heterocycles. The summed E-state index contributed by atoms with van der Waals surface area (Å²) in [7, 11) is -2.64. The predicted molar refractivity (Wildman–Crippen MR) is 168 cm³/mol. The molecule has 42 heavy (non-hydrogen) atoms. The van der Waals surface area contributed by atoms with Crippen LogP contribution in [0.5, 0.6) is 0 Å². The topological polar surface area (TPSA) is 90.3 Å². The molecule has 3 heterocycles. The molecular formula is C34H48N2O5Si. The fraction of sp³-hybridized carbons (Fsp3) is 0.588. The fourth-order valence-corrected chi connectivity index (χ4v) is 10.2. The Balaban J connectivity index is 1.26. The highest BCUT2D eigenvalue weighted by atomic mass is 28.4. The molecule has 2 amide bonds. The molecular weight excluding hydrogens is 544 g/mol. The minimum atomic E-state index is -2.64. The van der Waals surface area contributed by atoms with E-state index in [9.17, 15) is 19.5 Å². The molecule has 0 spiro atoms. The van der Waals surface area contributed by atoms with Crippen molar-refractivity contribution in [3.05, 3.63) is 65.2 Å². The third-order valence-corrected chi connectivity index (χ3v) is 12.3. The van der Waals surface area contributed by atoms with Gasteiger partial charge in [0.2, 0.25) is 11.8 Å². The van der Waals surface area contributed by atoms with Crippen LogP contribution in [-0.2, 0) is 33.7 Å². The van der Waals surface area contributed by atoms with Gasteiger partial charge < -0.3 is 24.4 Å². The van der Waals surface area contributed by atoms with E-state index in [1.807, 2.05) is 47.2 Å². The fourth-order valence-electron chi connectivity index (χ4n) is 7.56. The lowest BCUT2D eigenvalue weighted by Crippen LogP contribution is -2.48. The first kappa shape index (κ1) is 30.9. The highest BCUT2D eigenvalue weighted by Gasteiger charge is 2.50. The van der Waals surface area contributed by atoms with Crippen molar-refractivity contribution in [1.82, 2.24) is 4.90 Å². The zero-order valence-electron chi connectivity index (χ0n) is 25.5. The van der Waals surface area contributed by atoms with Crippen LogP contribution in [0.25, 0.3) is 0 Å². The average Bonchev–Trinajstić information content (AvgIpc) is 3.28. The van der Waals surface area contributed by atoms with E-state index in [0.717, 1.165) is 49.9 Å². The first-order valence-electron chi connectivity index (χ1n) is 15.9. The predicted octanol–water partition coefficient (Wildman–Crippen LogP) is 5.22. The number of amides is 2. The SMILES string of the molecule is C[C@H]1[C@H]([Si](C)(C)O)[C@@H](CC(=O)N2Cc3ccccc3C[C@H]2CO)O[C@H]1CCc1cccc(N2CCCCCCC2=O)c1. The molecule has 0 aliphatic carbocycles. The van der Waals surface area contributed by atoms with Crippen molar-refractivity contribution in [2.45, 2.75) is 108 Å². The largest absolute Gasteiger partial charge is 0.432 e. The van der Waals surface area contributed by atoms with E-state index < -0.39 is 8.32 Å². The molecule has 5 rings (SSSR count). The number of hydrogen-bond acceptors (Lipinski definition) is 5. The summed E-state index contributed by atoms with van der Waals surface area (Å²) in [5, 5.41) is 10.1. The number of fused-ring (bicyclic) bond motifs is 1. The Labute approximate surface area is 252 Å². The summed E-state index contributed by atoms with van der Waals surface area (Å²) in [6.45, 7) is 7.26. The normalized spacial score (nSPS) is 27.0. The van der Waals surface area contributed by atoms with Crippen molar-refractivity contribution in [2.24, 2.45) is 5.92 Å². The number of benzene rings is 2. The summed E-state index contributed by atoms with van der Waals surface area (Å²) in [6, 6.07) is 16.2. The molecule has 8 heteroatoms. The summed E-state index contributed by atoms with van der Waals surface area (Å²) in [5.41, 5.74) is 4.41. The molecule has 5 atom stereocenters. The van der Waals surface area contributed by atoms with Crippen LogP contribution < -0.4 is 4.90 Å². The van der Waals surface area contributed by atoms with E-state index in [-0.39, 0.29) is 54.6 Å². The van der Waals surface area contributed by atoms with Crippen molar-refractivity contribution >= 4 is 25.8 Å². The van der Waals surface area contributed by atoms with Crippen LogP contribution >= 0.6 is 0 Å². The number of nitrogens with zero attached hydrogens (tertiary/aromatic N) is 2. The molecule has 0 unspecified atom stereocenters. The number of hydrogen-bond donors (Lipinski definition) is 2. The van der Waals surface area contributed by atoms with Crippen LogP contribution in [-0.4, -0.2) is 66.3 Å². The molecule has 0 radical (unpaired) electrons. The number of carbonyl (C=O) groups is 2. The maximum absolute atomic E-state index is 13.7. The van der Waals surface area contributed by atoms with Gasteiger partial charge in [-0.2, -0.15) is 0 Å². The molecule has 228 valence electrons. The second kappa shape index (κ2) is 13.4. The van der Waals surface area contributed by atoms with Crippen molar-refractivity contribution in [1.29, 1.82) is 0 Å². The Bertz CT molecular complexity index is 1250. The summed E-state index contributed by atoms with van der Waals surface area (Å²) in [6.07, 6.45) is 6.98. The second-order valence-corrected chi connectivity index (χ2v) is 17.2. The number of aliphatic hydroxyl groups excluding tert-OH is 1. The first-order chi connectivity index (χ1) is 20.2. The molecule has 2 aromatic carbocycles. The van der Waals surface area contributed by atoms with Gasteiger partial charge in [0.05, 0.1) is 31.3 Å². The van der Waals surface area contributed by atoms with E-state index in [1.54, 1.807) is 0 Å². The number of anilines is 1. The summed E-state index contributed by atoms with van der Waals surface area (Å²) >= 11 is 0. The van der Waals surface area contributed by atoms with Crippen molar-refractivity contribution < 1.29 is 24.2 Å². The highest BCUT2D eigenvalue weighted by molar-refractivity contribution is 6.71. The number of rotatable bonds is 8. The number of aryl methyl sites for hydroxylation is 1. The first-order valence-corrected chi connectivity index (χ1v) is 18.9. The molecule has 2 fully saturated rings. The zero-order valence-corrected chi connectivity index (χ0v) is 26.5. The Hall–Kier alpha value is -2.52. The minimum absolute atomic E-state index is 0.0183. The standard InChI is InChI=1S/C34H48N2O5Si/c1-24-30(17-16-25-11-10-14-28(19-25)35-18-9-5-4-6-15-32(35)38)41-31(34(24)42(2,3)40)21-33(39)36-22-27-13-8-7-12-26(27)20-29(36)23-37/h7-8,10-14,19,24,29-31,34,37,40H,4-6,9,15-18,20-23H2,1-3H3/t24-,29+,30+,31-,34+/m1/s1. The van der Waals surface area contributed by atoms with Gasteiger partial charge in [0.25, 0.3) is 0 Å². The molecule has 0 saturated carbocycles. The molecule has 2 aromatic rings. The van der Waals surface area contributed by atoms with Crippen molar-refractivity contribution in [2.75, 3.05) is 18.1 Å². The Morgan fingerprint density at radius 3 is 2.55 bits per heavy atom. The van der Waals surface area contributed by atoms with Crippen LogP contribution in [0.3, 0.4) is 0 Å². The number of carbonyl (C=O) groups excluding carboxylic acids is 2. The van der Waals surface area contributed by atoms with E-state index in [4.69, 9.17) is 4.74 Å². The van der Waals surface area contributed by atoms with Crippen LogP contribution in [0.2, 0.25) is 18.6 Å². The highest BCUT2D eigenvalue weighted by Crippen LogP contribution is 2.46. The molecule has 7 nitrogen and oxygen atoms in total. The molecule has 3 aliphatic heterocycles. The van der Waals surface area contributed by atoms with Crippen LogP contribution in [0.15, 0.2) is 48.5 Å². The summed E-state index contributed by atoms with van der Waals surface area (Å²) in [5.74, 6) is 0.324. The van der Waals surface area contributed by atoms with Crippen LogP contribution in [0.1, 0.15) is 68.6 Å². The van der Waals surface area contributed by atoms with Gasteiger partial charge >= 0.3 is 0 Å². The van der Waals surface area contributed by atoms with Gasteiger partial charge in [0, 0.05) is 30.7 Å². The Morgan fingerprint density at radius 2 is 1.79 bits per heavy atom. The minimum Gasteiger partial charge on any atom is -0.432 e. The molecule has 0 bridgehead atoms. The van der Waals surface area contributed by atoms with Gasteiger partial charge in [-0.3, -0.25) is 9.59 Å². The average molecular weight is 593 g/mol. The zero-order chi connectivity index (χ0) is 29.9. The molecule has 3 aliphatic rings. The lowest BCUT2D eigenvalue weighted by atomic mass is 9.93. The van der Waals surface area contributed by atoms with Gasteiger partial charge in [0.1, 0.15) is 0 Å². The Morgan fingerprint density at radius 1 is 1.02 bits per heavy atom.